The number of unbranched alkanes of at least 4 members (excludes halogenated alkanes) is 2. The summed E-state index contributed by atoms with van der Waals surface area (Å²) in [5, 5.41) is 0. The molecule has 0 nitrogen and oxygen atoms in total. The molecule has 0 saturated heterocycles. The standard InChI is InChI=1S/C25H46.C13H22.2CH4/c1-7-8-9-10-11-14-21(2)15-12-16-22(3)18-19-24-23(4)17-13-20-25(24,5)6;1-5-6-9-12-11(2)8-7-10-13(12,3)4;;/h7-8,21,23-24H,3,9-20H2,1-2,4-6H3;5,7,10-12H,1,6,8-9H2,2-4H3;2*1H4/b8-7-;;;/t21-,23-,24+;11-,12+;;/m10../s1. The Bertz CT molecular complexity index is 702. The van der Waals surface area contributed by atoms with Crippen LogP contribution >= 0.6 is 0 Å². The fraction of sp³-hybridized carbons (Fsp3) is 0.800. The maximum absolute atomic E-state index is 4.40. The lowest BCUT2D eigenvalue weighted by molar-refractivity contribution is 0.0765. The summed E-state index contributed by atoms with van der Waals surface area (Å²) in [6.07, 6.45) is 31.3. The van der Waals surface area contributed by atoms with Crippen molar-refractivity contribution in [1.29, 1.82) is 0 Å². The second-order valence-corrected chi connectivity index (χ2v) is 14.5. The molecule has 0 amide bonds. The topological polar surface area (TPSA) is 0 Å². The Labute approximate surface area is 255 Å². The maximum Gasteiger partial charge on any atom is -0.0144 e. The second kappa shape index (κ2) is 21.6. The lowest BCUT2D eigenvalue weighted by Crippen LogP contribution is -2.33. The minimum Gasteiger partial charge on any atom is -0.103 e. The van der Waals surface area contributed by atoms with Crippen LogP contribution < -0.4 is 0 Å². The van der Waals surface area contributed by atoms with Gasteiger partial charge in [0, 0.05) is 0 Å². The normalized spacial score (nSPS) is 25.6. The van der Waals surface area contributed by atoms with Crippen LogP contribution in [-0.4, -0.2) is 0 Å². The molecular formula is C40H76. The predicted molar refractivity (Wildman–Crippen MR) is 188 cm³/mol. The lowest BCUT2D eigenvalue weighted by Gasteiger charge is -2.43. The van der Waals surface area contributed by atoms with E-state index in [1.54, 1.807) is 0 Å². The minimum absolute atomic E-state index is 0. The number of hydrogen-bond acceptors (Lipinski definition) is 0. The van der Waals surface area contributed by atoms with E-state index in [0.29, 0.717) is 10.8 Å². The van der Waals surface area contributed by atoms with E-state index >= 15 is 0 Å². The van der Waals surface area contributed by atoms with Crippen molar-refractivity contribution in [1.82, 2.24) is 0 Å². The van der Waals surface area contributed by atoms with E-state index in [0.717, 1.165) is 36.0 Å². The molecule has 2 rings (SSSR count). The molecule has 0 heteroatoms. The van der Waals surface area contributed by atoms with Gasteiger partial charge in [0.25, 0.3) is 0 Å². The second-order valence-electron chi connectivity index (χ2n) is 14.5. The fourth-order valence-corrected chi connectivity index (χ4v) is 7.52. The Balaban J connectivity index is 0. The zero-order valence-electron chi connectivity index (χ0n) is 27.3. The molecule has 0 aromatic heterocycles. The van der Waals surface area contributed by atoms with Crippen molar-refractivity contribution in [3.8, 4) is 0 Å². The van der Waals surface area contributed by atoms with E-state index in [-0.39, 0.29) is 14.9 Å². The molecule has 0 bridgehead atoms. The van der Waals surface area contributed by atoms with Crippen molar-refractivity contribution in [3.05, 3.63) is 49.1 Å². The van der Waals surface area contributed by atoms with Crippen molar-refractivity contribution in [2.45, 2.75) is 167 Å². The molecule has 0 heterocycles. The average Bonchev–Trinajstić information content (AvgIpc) is 2.83. The lowest BCUT2D eigenvalue weighted by atomic mass is 9.62. The Morgan fingerprint density at radius 2 is 1.60 bits per heavy atom. The van der Waals surface area contributed by atoms with Crippen molar-refractivity contribution >= 4 is 0 Å². The van der Waals surface area contributed by atoms with Crippen LogP contribution in [0.5, 0.6) is 0 Å². The maximum atomic E-state index is 4.40. The van der Waals surface area contributed by atoms with Crippen LogP contribution in [0.15, 0.2) is 49.1 Å². The van der Waals surface area contributed by atoms with Gasteiger partial charge < -0.3 is 0 Å². The van der Waals surface area contributed by atoms with Crippen LogP contribution in [0.25, 0.3) is 0 Å². The summed E-state index contributed by atoms with van der Waals surface area (Å²) >= 11 is 0. The van der Waals surface area contributed by atoms with Gasteiger partial charge in [0.05, 0.1) is 0 Å². The van der Waals surface area contributed by atoms with Crippen molar-refractivity contribution < 1.29 is 0 Å². The molecule has 236 valence electrons. The van der Waals surface area contributed by atoms with Gasteiger partial charge in [-0.25, -0.2) is 0 Å². The van der Waals surface area contributed by atoms with Gasteiger partial charge in [-0.05, 0) is 112 Å². The van der Waals surface area contributed by atoms with E-state index in [2.05, 4.69) is 92.9 Å². The van der Waals surface area contributed by atoms with Gasteiger partial charge in [-0.1, -0.05) is 138 Å². The number of allylic oxidation sites excluding steroid dienone is 6. The van der Waals surface area contributed by atoms with Gasteiger partial charge in [-0.3, -0.25) is 0 Å². The molecule has 1 fully saturated rings. The molecule has 0 unspecified atom stereocenters. The molecular weight excluding hydrogens is 480 g/mol. The highest BCUT2D eigenvalue weighted by molar-refractivity contribution is 5.05. The molecule has 0 aliphatic heterocycles. The summed E-state index contributed by atoms with van der Waals surface area (Å²) in [7, 11) is 0. The highest BCUT2D eigenvalue weighted by Crippen LogP contribution is 2.46. The van der Waals surface area contributed by atoms with Gasteiger partial charge >= 0.3 is 0 Å². The Kier molecular flexibility index (Phi) is 22.2. The summed E-state index contributed by atoms with van der Waals surface area (Å²) in [4.78, 5) is 0. The van der Waals surface area contributed by atoms with Gasteiger partial charge in [0.2, 0.25) is 0 Å². The molecule has 5 atom stereocenters. The first kappa shape index (κ1) is 41.1. The first-order valence-corrected chi connectivity index (χ1v) is 16.5. The largest absolute Gasteiger partial charge is 0.103 e. The van der Waals surface area contributed by atoms with E-state index < -0.39 is 0 Å². The SMILES string of the molecule is C.C.C=C(CCC[C@H](C)CCCC/C=C\C)CC[C@H]1[C@H](C)CCCC1(C)C.C=CCC[C@@H]1[C@@H](C)CC=CC1(C)C. The number of rotatable bonds is 15. The molecule has 2 aliphatic carbocycles. The van der Waals surface area contributed by atoms with Crippen LogP contribution in [0.2, 0.25) is 0 Å². The Hall–Kier alpha value is -1.04. The Morgan fingerprint density at radius 1 is 0.925 bits per heavy atom. The summed E-state index contributed by atoms with van der Waals surface area (Å²) in [6, 6.07) is 0. The van der Waals surface area contributed by atoms with Gasteiger partial charge in [0.1, 0.15) is 0 Å². The molecule has 1 saturated carbocycles. The first-order chi connectivity index (χ1) is 17.9. The summed E-state index contributed by atoms with van der Waals surface area (Å²) in [5.41, 5.74) is 2.44. The smallest absolute Gasteiger partial charge is 0.0144 e. The third-order valence-electron chi connectivity index (χ3n) is 10.1. The minimum atomic E-state index is 0. The molecule has 0 radical (unpaired) electrons. The molecule has 0 spiro atoms. The molecule has 0 aromatic carbocycles. The third kappa shape index (κ3) is 15.8. The van der Waals surface area contributed by atoms with Crippen LogP contribution in [0.4, 0.5) is 0 Å². The summed E-state index contributed by atoms with van der Waals surface area (Å²) < 4.78 is 0. The summed E-state index contributed by atoms with van der Waals surface area (Å²) in [5.74, 6) is 4.35. The Morgan fingerprint density at radius 3 is 2.20 bits per heavy atom. The van der Waals surface area contributed by atoms with E-state index in [9.17, 15) is 0 Å². The van der Waals surface area contributed by atoms with Crippen molar-refractivity contribution in [2.24, 2.45) is 40.4 Å². The average molecular weight is 557 g/mol. The zero-order valence-corrected chi connectivity index (χ0v) is 27.3. The third-order valence-corrected chi connectivity index (χ3v) is 10.1. The van der Waals surface area contributed by atoms with Crippen molar-refractivity contribution in [2.75, 3.05) is 0 Å². The molecule has 40 heavy (non-hydrogen) atoms. The predicted octanol–water partition coefficient (Wildman–Crippen LogP) is 14.2. The van der Waals surface area contributed by atoms with Gasteiger partial charge in [-0.15, -0.1) is 6.58 Å². The zero-order chi connectivity index (χ0) is 28.6. The number of hydrogen-bond donors (Lipinski definition) is 0. The van der Waals surface area contributed by atoms with Gasteiger partial charge in [-0.2, -0.15) is 0 Å². The first-order valence-electron chi connectivity index (χ1n) is 16.5. The van der Waals surface area contributed by atoms with Crippen LogP contribution in [0.3, 0.4) is 0 Å². The highest BCUT2D eigenvalue weighted by atomic mass is 14.4. The van der Waals surface area contributed by atoms with Crippen LogP contribution in [-0.2, 0) is 0 Å². The van der Waals surface area contributed by atoms with E-state index in [1.807, 2.05) is 6.08 Å². The molecule has 0 N–H and O–H groups in total. The van der Waals surface area contributed by atoms with Crippen molar-refractivity contribution in [3.63, 3.8) is 0 Å². The molecule has 2 aliphatic rings. The van der Waals surface area contributed by atoms with E-state index in [1.165, 1.54) is 95.5 Å². The monoisotopic (exact) mass is 557 g/mol. The quantitative estimate of drug-likeness (QED) is 0.139. The van der Waals surface area contributed by atoms with E-state index in [4.69, 9.17) is 0 Å². The summed E-state index contributed by atoms with van der Waals surface area (Å²) in [6.45, 7) is 27.3. The van der Waals surface area contributed by atoms with Crippen LogP contribution in [0, 0.1) is 40.4 Å². The molecule has 0 aromatic rings. The van der Waals surface area contributed by atoms with Crippen LogP contribution in [0.1, 0.15) is 167 Å². The highest BCUT2D eigenvalue weighted by Gasteiger charge is 2.36. The van der Waals surface area contributed by atoms with Gasteiger partial charge in [0.15, 0.2) is 0 Å². The fourth-order valence-electron chi connectivity index (χ4n) is 7.52.